The number of ether oxygens (including phenoxy) is 3. The second-order valence-electron chi connectivity index (χ2n) is 5.13. The first kappa shape index (κ1) is 20.0. The summed E-state index contributed by atoms with van der Waals surface area (Å²) in [6, 6.07) is 7.00. The normalized spacial score (nSPS) is 10.3. The van der Waals surface area contributed by atoms with Gasteiger partial charge in [0, 0.05) is 31.9 Å². The first-order valence-corrected chi connectivity index (χ1v) is 8.29. The molecule has 0 aliphatic carbocycles. The van der Waals surface area contributed by atoms with E-state index in [4.69, 9.17) is 14.2 Å². The molecule has 0 radical (unpaired) electrons. The molecule has 0 unspecified atom stereocenters. The van der Waals surface area contributed by atoms with Gasteiger partial charge in [0.1, 0.15) is 5.75 Å². The van der Waals surface area contributed by atoms with Gasteiger partial charge in [-0.2, -0.15) is 0 Å². The Hall–Kier alpha value is -2.08. The molecule has 6 nitrogen and oxygen atoms in total. The highest BCUT2D eigenvalue weighted by Crippen LogP contribution is 2.15. The molecule has 0 aliphatic rings. The van der Waals surface area contributed by atoms with Crippen LogP contribution in [-0.4, -0.2) is 56.8 Å². The third kappa shape index (κ3) is 7.00. The lowest BCUT2D eigenvalue weighted by atomic mass is 10.1. The molecule has 0 bridgehead atoms. The van der Waals surface area contributed by atoms with Gasteiger partial charge in [0.2, 0.25) is 0 Å². The Kier molecular flexibility index (Phi) is 9.53. The standard InChI is InChI=1S/C18H27NO5/c1-4-23-13-7-11-19(12-10-17(20)24-5-2)18(21)15-8-6-9-16(14-15)22-3/h6,8-9,14H,4-5,7,10-13H2,1-3H3. The average Bonchev–Trinajstić information content (AvgIpc) is 2.61. The Morgan fingerprint density at radius 1 is 1.12 bits per heavy atom. The average molecular weight is 337 g/mol. The van der Waals surface area contributed by atoms with Crippen LogP contribution in [0.25, 0.3) is 0 Å². The van der Waals surface area contributed by atoms with Crippen molar-refractivity contribution in [1.29, 1.82) is 0 Å². The van der Waals surface area contributed by atoms with Crippen molar-refractivity contribution < 1.29 is 23.8 Å². The van der Waals surface area contributed by atoms with E-state index in [2.05, 4.69) is 0 Å². The van der Waals surface area contributed by atoms with E-state index < -0.39 is 0 Å². The van der Waals surface area contributed by atoms with Crippen LogP contribution in [0.4, 0.5) is 0 Å². The number of esters is 1. The quantitative estimate of drug-likeness (QED) is 0.458. The highest BCUT2D eigenvalue weighted by atomic mass is 16.5. The second kappa shape index (κ2) is 11.5. The molecule has 1 aromatic rings. The number of methoxy groups -OCH3 is 1. The maximum atomic E-state index is 12.7. The van der Waals surface area contributed by atoms with Crippen LogP contribution >= 0.6 is 0 Å². The van der Waals surface area contributed by atoms with E-state index in [-0.39, 0.29) is 18.3 Å². The van der Waals surface area contributed by atoms with E-state index in [1.54, 1.807) is 43.2 Å². The van der Waals surface area contributed by atoms with Gasteiger partial charge >= 0.3 is 5.97 Å². The lowest BCUT2D eigenvalue weighted by Crippen LogP contribution is -2.34. The predicted octanol–water partition coefficient (Wildman–Crippen LogP) is 2.52. The zero-order chi connectivity index (χ0) is 17.8. The zero-order valence-corrected chi connectivity index (χ0v) is 14.7. The van der Waals surface area contributed by atoms with Crippen LogP contribution in [0, 0.1) is 0 Å². The smallest absolute Gasteiger partial charge is 0.307 e. The lowest BCUT2D eigenvalue weighted by molar-refractivity contribution is -0.143. The summed E-state index contributed by atoms with van der Waals surface area (Å²) >= 11 is 0. The van der Waals surface area contributed by atoms with Crippen molar-refractivity contribution >= 4 is 11.9 Å². The number of carbonyl (C=O) groups is 2. The lowest BCUT2D eigenvalue weighted by Gasteiger charge is -2.22. The minimum atomic E-state index is -0.300. The third-order valence-electron chi connectivity index (χ3n) is 3.42. The molecular formula is C18H27NO5. The maximum absolute atomic E-state index is 12.7. The van der Waals surface area contributed by atoms with Gasteiger partial charge in [-0.1, -0.05) is 6.07 Å². The topological polar surface area (TPSA) is 65.1 Å². The van der Waals surface area contributed by atoms with Crippen molar-refractivity contribution in [2.75, 3.05) is 40.0 Å². The largest absolute Gasteiger partial charge is 0.497 e. The fourth-order valence-electron chi connectivity index (χ4n) is 2.21. The van der Waals surface area contributed by atoms with Gasteiger partial charge in [-0.3, -0.25) is 9.59 Å². The van der Waals surface area contributed by atoms with Crippen molar-refractivity contribution in [3.63, 3.8) is 0 Å². The first-order valence-electron chi connectivity index (χ1n) is 8.29. The van der Waals surface area contributed by atoms with Crippen molar-refractivity contribution in [3.05, 3.63) is 29.8 Å². The van der Waals surface area contributed by atoms with Crippen LogP contribution in [-0.2, 0) is 14.3 Å². The number of benzene rings is 1. The Morgan fingerprint density at radius 2 is 1.92 bits per heavy atom. The van der Waals surface area contributed by atoms with Crippen LogP contribution < -0.4 is 4.74 Å². The molecule has 0 N–H and O–H groups in total. The summed E-state index contributed by atoms with van der Waals surface area (Å²) in [7, 11) is 1.56. The van der Waals surface area contributed by atoms with Gasteiger partial charge in [0.15, 0.2) is 0 Å². The summed E-state index contributed by atoms with van der Waals surface area (Å²) in [6.07, 6.45) is 0.893. The maximum Gasteiger partial charge on any atom is 0.307 e. The van der Waals surface area contributed by atoms with Gasteiger partial charge in [-0.05, 0) is 38.5 Å². The second-order valence-corrected chi connectivity index (χ2v) is 5.13. The van der Waals surface area contributed by atoms with Gasteiger partial charge in [0.05, 0.1) is 20.1 Å². The van der Waals surface area contributed by atoms with Gasteiger partial charge in [0.25, 0.3) is 5.91 Å². The van der Waals surface area contributed by atoms with Crippen molar-refractivity contribution in [2.45, 2.75) is 26.7 Å². The van der Waals surface area contributed by atoms with E-state index in [0.717, 1.165) is 0 Å². The fraction of sp³-hybridized carbons (Fsp3) is 0.556. The zero-order valence-electron chi connectivity index (χ0n) is 14.7. The molecule has 0 heterocycles. The van der Waals surface area contributed by atoms with E-state index >= 15 is 0 Å². The molecule has 134 valence electrons. The van der Waals surface area contributed by atoms with Gasteiger partial charge in [-0.15, -0.1) is 0 Å². The molecule has 0 saturated heterocycles. The third-order valence-corrected chi connectivity index (χ3v) is 3.42. The predicted molar refractivity (Wildman–Crippen MR) is 91.3 cm³/mol. The van der Waals surface area contributed by atoms with Crippen molar-refractivity contribution in [1.82, 2.24) is 4.90 Å². The molecule has 0 atom stereocenters. The monoisotopic (exact) mass is 337 g/mol. The molecule has 1 rings (SSSR count). The van der Waals surface area contributed by atoms with Crippen LogP contribution in [0.3, 0.4) is 0 Å². The summed E-state index contributed by atoms with van der Waals surface area (Å²) in [4.78, 5) is 26.0. The van der Waals surface area contributed by atoms with Crippen LogP contribution in [0.5, 0.6) is 5.75 Å². The first-order chi connectivity index (χ1) is 11.6. The molecule has 0 spiro atoms. The summed E-state index contributed by atoms with van der Waals surface area (Å²) in [5.41, 5.74) is 0.537. The van der Waals surface area contributed by atoms with Crippen LogP contribution in [0.15, 0.2) is 24.3 Å². The number of carbonyl (C=O) groups excluding carboxylic acids is 2. The Balaban J connectivity index is 2.73. The SMILES string of the molecule is CCOCCCN(CCC(=O)OCC)C(=O)c1cccc(OC)c1. The number of amides is 1. The number of hydrogen-bond donors (Lipinski definition) is 0. The van der Waals surface area contributed by atoms with E-state index in [0.29, 0.717) is 50.6 Å². The Bertz CT molecular complexity index is 518. The number of hydrogen-bond acceptors (Lipinski definition) is 5. The molecule has 1 aromatic carbocycles. The van der Waals surface area contributed by atoms with E-state index in [1.807, 2.05) is 6.92 Å². The molecule has 0 aliphatic heterocycles. The van der Waals surface area contributed by atoms with Crippen LogP contribution in [0.2, 0.25) is 0 Å². The van der Waals surface area contributed by atoms with E-state index in [9.17, 15) is 9.59 Å². The summed E-state index contributed by atoms with van der Waals surface area (Å²) in [6.45, 7) is 6.10. The van der Waals surface area contributed by atoms with Gasteiger partial charge in [-0.25, -0.2) is 0 Å². The van der Waals surface area contributed by atoms with Crippen molar-refractivity contribution in [2.24, 2.45) is 0 Å². The van der Waals surface area contributed by atoms with Crippen molar-refractivity contribution in [3.8, 4) is 5.75 Å². The van der Waals surface area contributed by atoms with Gasteiger partial charge < -0.3 is 19.1 Å². The Morgan fingerprint density at radius 3 is 2.58 bits per heavy atom. The fourth-order valence-corrected chi connectivity index (χ4v) is 2.21. The van der Waals surface area contributed by atoms with Crippen LogP contribution in [0.1, 0.15) is 37.0 Å². The summed E-state index contributed by atoms with van der Waals surface area (Å²) in [5.74, 6) is 0.195. The molecular weight excluding hydrogens is 310 g/mol. The highest BCUT2D eigenvalue weighted by Gasteiger charge is 2.17. The number of nitrogens with zero attached hydrogens (tertiary/aromatic N) is 1. The molecule has 6 heteroatoms. The number of rotatable bonds is 11. The molecule has 0 saturated carbocycles. The molecule has 0 aromatic heterocycles. The summed E-state index contributed by atoms with van der Waals surface area (Å²) < 4.78 is 15.4. The summed E-state index contributed by atoms with van der Waals surface area (Å²) in [5, 5.41) is 0. The Labute approximate surface area is 143 Å². The minimum Gasteiger partial charge on any atom is -0.497 e. The molecule has 24 heavy (non-hydrogen) atoms. The minimum absolute atomic E-state index is 0.130. The van der Waals surface area contributed by atoms with E-state index in [1.165, 1.54) is 0 Å². The highest BCUT2D eigenvalue weighted by molar-refractivity contribution is 5.94. The molecule has 0 fully saturated rings. The molecule has 1 amide bonds.